The van der Waals surface area contributed by atoms with Gasteiger partial charge in [0, 0.05) is 17.7 Å². The molecule has 1 aliphatic heterocycles. The molecule has 1 aliphatic rings. The summed E-state index contributed by atoms with van der Waals surface area (Å²) in [6, 6.07) is 3.80. The summed E-state index contributed by atoms with van der Waals surface area (Å²) in [4.78, 5) is 12.8. The highest BCUT2D eigenvalue weighted by Crippen LogP contribution is 2.28. The van der Waals surface area contributed by atoms with Gasteiger partial charge in [0.15, 0.2) is 5.82 Å². The Balaban J connectivity index is 1.80. The third-order valence-corrected chi connectivity index (χ3v) is 2.66. The van der Waals surface area contributed by atoms with Gasteiger partial charge in [-0.05, 0) is 19.1 Å². The zero-order valence-electron chi connectivity index (χ0n) is 9.47. The van der Waals surface area contributed by atoms with Gasteiger partial charge < -0.3 is 9.73 Å². The molecule has 5 heteroatoms. The summed E-state index contributed by atoms with van der Waals surface area (Å²) in [6.07, 6.45) is 4.01. The molecule has 0 amide bonds. The van der Waals surface area contributed by atoms with Crippen LogP contribution in [0.15, 0.2) is 34.1 Å². The second-order valence-electron chi connectivity index (χ2n) is 3.98. The number of aromatic nitrogens is 2. The highest BCUT2D eigenvalue weighted by atomic mass is 16.3. The molecule has 5 nitrogen and oxygen atoms in total. The van der Waals surface area contributed by atoms with Crippen LogP contribution in [0.3, 0.4) is 0 Å². The van der Waals surface area contributed by atoms with Gasteiger partial charge >= 0.3 is 0 Å². The number of rotatable bonds is 3. The minimum atomic E-state index is 0.621. The second-order valence-corrected chi connectivity index (χ2v) is 3.98. The molecular weight excluding hydrogens is 216 g/mol. The standard InChI is InChI=1S/C12H12N4O/c1-8-5-10-11(14-7-15-12(10)16-8)13-6-9-3-2-4-17-9/h2-4,7H,5-6H2,1H3,(H,13,14,15). The van der Waals surface area contributed by atoms with Gasteiger partial charge in [-0.25, -0.2) is 15.0 Å². The van der Waals surface area contributed by atoms with Crippen molar-refractivity contribution in [2.45, 2.75) is 19.9 Å². The summed E-state index contributed by atoms with van der Waals surface area (Å²) < 4.78 is 5.26. The molecule has 17 heavy (non-hydrogen) atoms. The van der Waals surface area contributed by atoms with Gasteiger partial charge in [0.2, 0.25) is 0 Å². The monoisotopic (exact) mass is 228 g/mol. The molecule has 3 heterocycles. The van der Waals surface area contributed by atoms with E-state index in [0.29, 0.717) is 6.54 Å². The van der Waals surface area contributed by atoms with Crippen molar-refractivity contribution in [1.82, 2.24) is 9.97 Å². The Bertz CT molecular complexity index is 560. The van der Waals surface area contributed by atoms with Crippen molar-refractivity contribution in [3.05, 3.63) is 36.0 Å². The quantitative estimate of drug-likeness (QED) is 0.875. The van der Waals surface area contributed by atoms with E-state index in [9.17, 15) is 0 Å². The maximum atomic E-state index is 5.26. The third-order valence-electron chi connectivity index (χ3n) is 2.66. The molecule has 0 atom stereocenters. The predicted molar refractivity (Wildman–Crippen MR) is 64.5 cm³/mol. The Hall–Kier alpha value is -2.17. The fourth-order valence-electron chi connectivity index (χ4n) is 1.87. The van der Waals surface area contributed by atoms with Gasteiger partial charge in [0.1, 0.15) is 17.9 Å². The molecule has 0 aromatic carbocycles. The maximum absolute atomic E-state index is 5.26. The van der Waals surface area contributed by atoms with E-state index < -0.39 is 0 Å². The van der Waals surface area contributed by atoms with Crippen LogP contribution < -0.4 is 5.32 Å². The average Bonchev–Trinajstić information content (AvgIpc) is 2.93. The number of aliphatic imine (C=N–C) groups is 1. The summed E-state index contributed by atoms with van der Waals surface area (Å²) >= 11 is 0. The van der Waals surface area contributed by atoms with E-state index in [4.69, 9.17) is 4.42 Å². The van der Waals surface area contributed by atoms with E-state index in [1.165, 1.54) is 6.33 Å². The highest BCUT2D eigenvalue weighted by Gasteiger charge is 2.17. The normalized spacial score (nSPS) is 13.4. The number of nitrogens with zero attached hydrogens (tertiary/aromatic N) is 3. The molecule has 0 bridgehead atoms. The maximum Gasteiger partial charge on any atom is 0.160 e. The first-order chi connectivity index (χ1) is 8.33. The zero-order chi connectivity index (χ0) is 11.7. The summed E-state index contributed by atoms with van der Waals surface area (Å²) in [5.74, 6) is 2.50. The van der Waals surface area contributed by atoms with Crippen LogP contribution >= 0.6 is 0 Å². The minimum Gasteiger partial charge on any atom is -0.467 e. The van der Waals surface area contributed by atoms with Gasteiger partial charge in [-0.1, -0.05) is 0 Å². The summed E-state index contributed by atoms with van der Waals surface area (Å²) in [6.45, 7) is 2.62. The number of fused-ring (bicyclic) bond motifs is 1. The number of hydrogen-bond acceptors (Lipinski definition) is 5. The molecule has 2 aromatic heterocycles. The van der Waals surface area contributed by atoms with Crippen LogP contribution in [-0.2, 0) is 13.0 Å². The number of furan rings is 1. The van der Waals surface area contributed by atoms with Gasteiger partial charge in [-0.15, -0.1) is 0 Å². The first-order valence-electron chi connectivity index (χ1n) is 5.47. The van der Waals surface area contributed by atoms with Crippen LogP contribution in [0, 0.1) is 0 Å². The zero-order valence-corrected chi connectivity index (χ0v) is 9.47. The Labute approximate surface area is 98.6 Å². The number of nitrogens with one attached hydrogen (secondary N) is 1. The smallest absolute Gasteiger partial charge is 0.160 e. The van der Waals surface area contributed by atoms with Crippen molar-refractivity contribution in [3.63, 3.8) is 0 Å². The highest BCUT2D eigenvalue weighted by molar-refractivity contribution is 5.92. The van der Waals surface area contributed by atoms with Gasteiger partial charge in [0.05, 0.1) is 12.8 Å². The lowest BCUT2D eigenvalue weighted by Crippen LogP contribution is -2.04. The Morgan fingerprint density at radius 2 is 2.35 bits per heavy atom. The molecule has 3 rings (SSSR count). The minimum absolute atomic E-state index is 0.621. The lowest BCUT2D eigenvalue weighted by Gasteiger charge is -2.07. The van der Waals surface area contributed by atoms with Crippen LogP contribution in [0.1, 0.15) is 18.2 Å². The van der Waals surface area contributed by atoms with E-state index in [1.54, 1.807) is 6.26 Å². The van der Waals surface area contributed by atoms with Gasteiger partial charge in [-0.3, -0.25) is 0 Å². The molecule has 0 aliphatic carbocycles. The first kappa shape index (κ1) is 10.0. The molecule has 0 saturated heterocycles. The fraction of sp³-hybridized carbons (Fsp3) is 0.250. The van der Waals surface area contributed by atoms with Crippen molar-refractivity contribution < 1.29 is 4.42 Å². The van der Waals surface area contributed by atoms with E-state index in [1.807, 2.05) is 19.1 Å². The molecule has 0 spiro atoms. The molecule has 0 unspecified atom stereocenters. The predicted octanol–water partition coefficient (Wildman–Crippen LogP) is 2.33. The molecule has 86 valence electrons. The molecular formula is C12H12N4O. The summed E-state index contributed by atoms with van der Waals surface area (Å²) in [5.41, 5.74) is 2.14. The molecule has 0 saturated carbocycles. The second kappa shape index (κ2) is 4.01. The Kier molecular flexibility index (Phi) is 2.36. The topological polar surface area (TPSA) is 63.3 Å². The summed E-state index contributed by atoms with van der Waals surface area (Å²) in [5, 5.41) is 3.25. The Morgan fingerprint density at radius 3 is 3.18 bits per heavy atom. The molecule has 2 aromatic rings. The van der Waals surface area contributed by atoms with E-state index in [-0.39, 0.29) is 0 Å². The molecule has 0 radical (unpaired) electrons. The van der Waals surface area contributed by atoms with Gasteiger partial charge in [-0.2, -0.15) is 0 Å². The van der Waals surface area contributed by atoms with Crippen molar-refractivity contribution in [2.24, 2.45) is 4.99 Å². The van der Waals surface area contributed by atoms with E-state index >= 15 is 0 Å². The van der Waals surface area contributed by atoms with Crippen LogP contribution in [-0.4, -0.2) is 15.7 Å². The van der Waals surface area contributed by atoms with Crippen molar-refractivity contribution >= 4 is 17.3 Å². The van der Waals surface area contributed by atoms with Crippen LogP contribution in [0.5, 0.6) is 0 Å². The van der Waals surface area contributed by atoms with Crippen molar-refractivity contribution in [1.29, 1.82) is 0 Å². The van der Waals surface area contributed by atoms with Crippen molar-refractivity contribution in [3.8, 4) is 0 Å². The average molecular weight is 228 g/mol. The molecule has 1 N–H and O–H groups in total. The van der Waals surface area contributed by atoms with Crippen molar-refractivity contribution in [2.75, 3.05) is 5.32 Å². The molecule has 0 fully saturated rings. The lowest BCUT2D eigenvalue weighted by molar-refractivity contribution is 0.517. The largest absolute Gasteiger partial charge is 0.467 e. The van der Waals surface area contributed by atoms with Crippen LogP contribution in [0.2, 0.25) is 0 Å². The fourth-order valence-corrected chi connectivity index (χ4v) is 1.87. The van der Waals surface area contributed by atoms with Crippen LogP contribution in [0.25, 0.3) is 0 Å². The number of hydrogen-bond donors (Lipinski definition) is 1. The van der Waals surface area contributed by atoms with E-state index in [2.05, 4.69) is 20.3 Å². The third kappa shape index (κ3) is 1.91. The number of anilines is 1. The SMILES string of the molecule is CC1=Nc2ncnc(NCc3ccco3)c2C1. The van der Waals surface area contributed by atoms with Crippen LogP contribution in [0.4, 0.5) is 11.6 Å². The Morgan fingerprint density at radius 1 is 1.41 bits per heavy atom. The first-order valence-corrected chi connectivity index (χ1v) is 5.47. The van der Waals surface area contributed by atoms with E-state index in [0.717, 1.165) is 35.1 Å². The van der Waals surface area contributed by atoms with Gasteiger partial charge in [0.25, 0.3) is 0 Å². The lowest BCUT2D eigenvalue weighted by atomic mass is 10.2. The summed E-state index contributed by atoms with van der Waals surface area (Å²) in [7, 11) is 0.